The number of hydrogen-bond donors (Lipinski definition) is 1. The van der Waals surface area contributed by atoms with Gasteiger partial charge >= 0.3 is 0 Å². The molecular formula is C21H27FN2O3S. The lowest BCUT2D eigenvalue weighted by molar-refractivity contribution is 0.102. The number of para-hydroxylation sites is 1. The van der Waals surface area contributed by atoms with Crippen molar-refractivity contribution in [3.05, 3.63) is 59.4 Å². The lowest BCUT2D eigenvalue weighted by atomic mass is 9.86. The van der Waals surface area contributed by atoms with E-state index in [9.17, 15) is 17.6 Å². The second-order valence-electron chi connectivity index (χ2n) is 7.48. The maximum absolute atomic E-state index is 14.3. The fraction of sp³-hybridized carbons (Fsp3) is 0.381. The van der Waals surface area contributed by atoms with Crippen molar-refractivity contribution in [2.24, 2.45) is 0 Å². The third kappa shape index (κ3) is 4.59. The van der Waals surface area contributed by atoms with Crippen LogP contribution in [0.3, 0.4) is 0 Å². The van der Waals surface area contributed by atoms with Crippen LogP contribution in [0.5, 0.6) is 0 Å². The first-order chi connectivity index (χ1) is 13.0. The van der Waals surface area contributed by atoms with Crippen LogP contribution in [0.2, 0.25) is 0 Å². The van der Waals surface area contributed by atoms with Crippen molar-refractivity contribution in [2.75, 3.05) is 18.4 Å². The number of benzene rings is 2. The van der Waals surface area contributed by atoms with E-state index in [1.807, 2.05) is 39.0 Å². The minimum Gasteiger partial charge on any atom is -0.322 e. The number of nitrogens with one attached hydrogen (secondary N) is 1. The molecule has 28 heavy (non-hydrogen) atoms. The minimum absolute atomic E-state index is 0.0795. The molecule has 0 saturated carbocycles. The molecule has 152 valence electrons. The summed E-state index contributed by atoms with van der Waals surface area (Å²) in [5, 5.41) is 2.82. The Balaban J connectivity index is 2.42. The summed E-state index contributed by atoms with van der Waals surface area (Å²) < 4.78 is 40.8. The Kier molecular flexibility index (Phi) is 6.62. The molecule has 7 heteroatoms. The van der Waals surface area contributed by atoms with Crippen LogP contribution in [0.25, 0.3) is 0 Å². The molecule has 2 rings (SSSR count). The summed E-state index contributed by atoms with van der Waals surface area (Å²) in [5.74, 6) is -1.37. The van der Waals surface area contributed by atoms with E-state index in [1.54, 1.807) is 19.9 Å². The Labute approximate surface area is 166 Å². The smallest absolute Gasteiger partial charge is 0.255 e. The molecule has 0 fully saturated rings. The number of rotatable bonds is 6. The van der Waals surface area contributed by atoms with Crippen LogP contribution in [-0.4, -0.2) is 31.7 Å². The van der Waals surface area contributed by atoms with E-state index in [1.165, 1.54) is 6.07 Å². The van der Waals surface area contributed by atoms with Crippen LogP contribution >= 0.6 is 0 Å². The second-order valence-corrected chi connectivity index (χ2v) is 9.39. The third-order valence-corrected chi connectivity index (χ3v) is 6.56. The first-order valence-electron chi connectivity index (χ1n) is 9.23. The van der Waals surface area contributed by atoms with Crippen molar-refractivity contribution < 1.29 is 17.6 Å². The lowest BCUT2D eigenvalue weighted by Crippen LogP contribution is -2.31. The van der Waals surface area contributed by atoms with E-state index >= 15 is 0 Å². The average Bonchev–Trinajstić information content (AvgIpc) is 2.62. The highest BCUT2D eigenvalue weighted by Crippen LogP contribution is 2.30. The molecule has 1 N–H and O–H groups in total. The summed E-state index contributed by atoms with van der Waals surface area (Å²) in [6.45, 7) is 9.89. The third-order valence-electron chi connectivity index (χ3n) is 4.50. The van der Waals surface area contributed by atoms with Gasteiger partial charge in [-0.3, -0.25) is 4.79 Å². The highest BCUT2D eigenvalue weighted by Gasteiger charge is 2.27. The van der Waals surface area contributed by atoms with E-state index < -0.39 is 26.6 Å². The standard InChI is InChI=1S/C21H27FN2O3S/c1-6-24(7-2)28(26,27)19-14-15(12-13-17(19)22)20(25)23-18-11-9-8-10-16(18)21(3,4)5/h8-14H,6-7H2,1-5H3,(H,23,25). The van der Waals surface area contributed by atoms with Crippen molar-refractivity contribution >= 4 is 21.6 Å². The molecule has 0 unspecified atom stereocenters. The van der Waals surface area contributed by atoms with Crippen LogP contribution in [-0.2, 0) is 15.4 Å². The van der Waals surface area contributed by atoms with E-state index in [4.69, 9.17) is 0 Å². The van der Waals surface area contributed by atoms with Gasteiger partial charge in [0.05, 0.1) is 0 Å². The van der Waals surface area contributed by atoms with E-state index in [0.717, 1.165) is 22.0 Å². The second kappa shape index (κ2) is 8.41. The highest BCUT2D eigenvalue weighted by atomic mass is 32.2. The topological polar surface area (TPSA) is 66.5 Å². The Morgan fingerprint density at radius 1 is 1.07 bits per heavy atom. The number of sulfonamides is 1. The number of hydrogen-bond acceptors (Lipinski definition) is 3. The summed E-state index contributed by atoms with van der Waals surface area (Å²) >= 11 is 0. The van der Waals surface area contributed by atoms with Gasteiger partial charge in [-0.25, -0.2) is 12.8 Å². The Bertz CT molecular complexity index is 962. The van der Waals surface area contributed by atoms with E-state index in [2.05, 4.69) is 5.32 Å². The molecule has 0 spiro atoms. The summed E-state index contributed by atoms with van der Waals surface area (Å²) in [6.07, 6.45) is 0. The van der Waals surface area contributed by atoms with Gasteiger partial charge in [0.2, 0.25) is 10.0 Å². The van der Waals surface area contributed by atoms with Crippen LogP contribution in [0.4, 0.5) is 10.1 Å². The fourth-order valence-electron chi connectivity index (χ4n) is 2.99. The van der Waals surface area contributed by atoms with Gasteiger partial charge < -0.3 is 5.32 Å². The monoisotopic (exact) mass is 406 g/mol. The number of carbonyl (C=O) groups is 1. The molecule has 0 aliphatic rings. The first kappa shape index (κ1) is 22.0. The molecule has 0 heterocycles. The molecule has 2 aromatic carbocycles. The van der Waals surface area contributed by atoms with Gasteiger partial charge in [0.25, 0.3) is 5.91 Å². The van der Waals surface area contributed by atoms with Gasteiger partial charge in [0.1, 0.15) is 10.7 Å². The number of carbonyl (C=O) groups excluding carboxylic acids is 1. The maximum atomic E-state index is 14.3. The molecule has 0 aliphatic heterocycles. The zero-order valence-corrected chi connectivity index (χ0v) is 17.7. The maximum Gasteiger partial charge on any atom is 0.255 e. The molecule has 5 nitrogen and oxygen atoms in total. The van der Waals surface area contributed by atoms with Crippen molar-refractivity contribution in [1.29, 1.82) is 0 Å². The van der Waals surface area contributed by atoms with Gasteiger partial charge in [-0.1, -0.05) is 52.8 Å². The molecule has 0 bridgehead atoms. The zero-order valence-electron chi connectivity index (χ0n) is 16.9. The van der Waals surface area contributed by atoms with Crippen LogP contribution < -0.4 is 5.32 Å². The summed E-state index contributed by atoms with van der Waals surface area (Å²) in [6, 6.07) is 10.8. The number of anilines is 1. The summed E-state index contributed by atoms with van der Waals surface area (Å²) in [7, 11) is -4.01. The van der Waals surface area contributed by atoms with Crippen molar-refractivity contribution in [3.8, 4) is 0 Å². The largest absolute Gasteiger partial charge is 0.322 e. The Hall–Kier alpha value is -2.25. The molecule has 2 aromatic rings. The van der Waals surface area contributed by atoms with Gasteiger partial charge in [0.15, 0.2) is 0 Å². The molecule has 1 amide bonds. The molecule has 0 radical (unpaired) electrons. The van der Waals surface area contributed by atoms with Crippen LogP contribution in [0, 0.1) is 5.82 Å². The van der Waals surface area contributed by atoms with E-state index in [0.29, 0.717) is 5.69 Å². The fourth-order valence-corrected chi connectivity index (χ4v) is 4.53. The molecule has 0 saturated heterocycles. The first-order valence-corrected chi connectivity index (χ1v) is 10.7. The number of nitrogens with zero attached hydrogens (tertiary/aromatic N) is 1. The molecule has 0 aromatic heterocycles. The van der Waals surface area contributed by atoms with Crippen LogP contribution in [0.15, 0.2) is 47.4 Å². The molecule has 0 aliphatic carbocycles. The predicted octanol–water partition coefficient (Wildman–Crippen LogP) is 4.41. The normalized spacial score (nSPS) is 12.2. The predicted molar refractivity (Wildman–Crippen MR) is 110 cm³/mol. The van der Waals surface area contributed by atoms with Crippen molar-refractivity contribution in [2.45, 2.75) is 44.9 Å². The van der Waals surface area contributed by atoms with E-state index in [-0.39, 0.29) is 24.1 Å². The molecule has 0 atom stereocenters. The summed E-state index contributed by atoms with van der Waals surface area (Å²) in [4.78, 5) is 12.3. The minimum atomic E-state index is -4.01. The van der Waals surface area contributed by atoms with Crippen molar-refractivity contribution in [1.82, 2.24) is 4.31 Å². The van der Waals surface area contributed by atoms with Gasteiger partial charge in [0, 0.05) is 24.3 Å². The van der Waals surface area contributed by atoms with Gasteiger partial charge in [-0.15, -0.1) is 0 Å². The quantitative estimate of drug-likeness (QED) is 0.773. The van der Waals surface area contributed by atoms with Crippen LogP contribution in [0.1, 0.15) is 50.5 Å². The lowest BCUT2D eigenvalue weighted by Gasteiger charge is -2.23. The molecular weight excluding hydrogens is 379 g/mol. The Morgan fingerprint density at radius 2 is 1.68 bits per heavy atom. The summed E-state index contributed by atoms with van der Waals surface area (Å²) in [5.41, 5.74) is 1.47. The average molecular weight is 407 g/mol. The van der Waals surface area contributed by atoms with Gasteiger partial charge in [-0.05, 0) is 35.2 Å². The number of amides is 1. The Morgan fingerprint density at radius 3 is 2.25 bits per heavy atom. The highest BCUT2D eigenvalue weighted by molar-refractivity contribution is 7.89. The zero-order chi connectivity index (χ0) is 21.1. The van der Waals surface area contributed by atoms with Crippen molar-refractivity contribution in [3.63, 3.8) is 0 Å². The SMILES string of the molecule is CCN(CC)S(=O)(=O)c1cc(C(=O)Nc2ccccc2C(C)(C)C)ccc1F. The number of halogens is 1. The van der Waals surface area contributed by atoms with Gasteiger partial charge in [-0.2, -0.15) is 4.31 Å².